The second kappa shape index (κ2) is 9.31. The summed E-state index contributed by atoms with van der Waals surface area (Å²) in [7, 11) is 0. The molecule has 0 aliphatic carbocycles. The van der Waals surface area contributed by atoms with Crippen LogP contribution in [-0.2, 0) is 6.54 Å². The first-order valence-corrected chi connectivity index (χ1v) is 11.2. The van der Waals surface area contributed by atoms with E-state index in [-0.39, 0.29) is 5.91 Å². The third-order valence-electron chi connectivity index (χ3n) is 6.05. The molecule has 164 valence electrons. The summed E-state index contributed by atoms with van der Waals surface area (Å²) in [6, 6.07) is 21.0. The minimum atomic E-state index is -0.0497. The van der Waals surface area contributed by atoms with E-state index < -0.39 is 0 Å². The molecule has 2 N–H and O–H groups in total. The molecule has 0 bridgehead atoms. The molecule has 0 fully saturated rings. The first kappa shape index (κ1) is 21.7. The van der Waals surface area contributed by atoms with Crippen molar-refractivity contribution in [2.24, 2.45) is 0 Å². The Hall–Kier alpha value is -3.53. The van der Waals surface area contributed by atoms with Crippen molar-refractivity contribution in [3.63, 3.8) is 0 Å². The number of fused-ring (bicyclic) bond motifs is 2. The van der Waals surface area contributed by atoms with Gasteiger partial charge in [-0.2, -0.15) is 0 Å². The van der Waals surface area contributed by atoms with Gasteiger partial charge in [0, 0.05) is 41.6 Å². The van der Waals surface area contributed by atoms with Crippen molar-refractivity contribution in [3.05, 3.63) is 90.1 Å². The molecule has 4 heteroatoms. The van der Waals surface area contributed by atoms with Gasteiger partial charge in [-0.3, -0.25) is 4.79 Å². The molecule has 0 saturated heterocycles. The van der Waals surface area contributed by atoms with Gasteiger partial charge in [0.25, 0.3) is 5.91 Å². The van der Waals surface area contributed by atoms with E-state index in [9.17, 15) is 4.79 Å². The SMILES string of the molecule is C=CCn1c(C(=O)NCCNc2cccc3ccccc23)c(C)c2cc(C(C)C)ccc21. The van der Waals surface area contributed by atoms with E-state index in [1.165, 1.54) is 16.3 Å². The Morgan fingerprint density at radius 2 is 1.81 bits per heavy atom. The van der Waals surface area contributed by atoms with Crippen LogP contribution in [0.3, 0.4) is 0 Å². The van der Waals surface area contributed by atoms with Gasteiger partial charge in [-0.1, -0.05) is 62.4 Å². The van der Waals surface area contributed by atoms with Crippen LogP contribution in [0, 0.1) is 6.92 Å². The number of rotatable bonds is 8. The maximum Gasteiger partial charge on any atom is 0.268 e. The number of carbonyl (C=O) groups excluding carboxylic acids is 1. The van der Waals surface area contributed by atoms with Gasteiger partial charge in [0.15, 0.2) is 0 Å². The van der Waals surface area contributed by atoms with Gasteiger partial charge in [-0.25, -0.2) is 0 Å². The summed E-state index contributed by atoms with van der Waals surface area (Å²) in [6.45, 7) is 12.1. The molecule has 0 unspecified atom stereocenters. The van der Waals surface area contributed by atoms with E-state index >= 15 is 0 Å². The van der Waals surface area contributed by atoms with Crippen molar-refractivity contribution >= 4 is 33.3 Å². The predicted molar refractivity (Wildman–Crippen MR) is 136 cm³/mol. The van der Waals surface area contributed by atoms with Crippen molar-refractivity contribution in [1.82, 2.24) is 9.88 Å². The lowest BCUT2D eigenvalue weighted by Gasteiger charge is -2.12. The van der Waals surface area contributed by atoms with E-state index in [4.69, 9.17) is 0 Å². The maximum atomic E-state index is 13.2. The molecule has 4 nitrogen and oxygen atoms in total. The van der Waals surface area contributed by atoms with Crippen LogP contribution in [0.25, 0.3) is 21.7 Å². The number of hydrogen-bond donors (Lipinski definition) is 2. The van der Waals surface area contributed by atoms with Gasteiger partial charge < -0.3 is 15.2 Å². The highest BCUT2D eigenvalue weighted by Gasteiger charge is 2.20. The molecule has 3 aromatic carbocycles. The summed E-state index contributed by atoms with van der Waals surface area (Å²) in [5, 5.41) is 10.1. The van der Waals surface area contributed by atoms with E-state index in [2.05, 4.69) is 78.1 Å². The zero-order chi connectivity index (χ0) is 22.7. The Morgan fingerprint density at radius 1 is 1.03 bits per heavy atom. The Balaban J connectivity index is 1.51. The van der Waals surface area contributed by atoms with Crippen LogP contribution in [0.2, 0.25) is 0 Å². The largest absolute Gasteiger partial charge is 0.383 e. The first-order valence-electron chi connectivity index (χ1n) is 11.2. The highest BCUT2D eigenvalue weighted by atomic mass is 16.1. The molecule has 1 heterocycles. The third-order valence-corrected chi connectivity index (χ3v) is 6.05. The van der Waals surface area contributed by atoms with Crippen LogP contribution in [0.1, 0.15) is 41.4 Å². The van der Waals surface area contributed by atoms with Crippen LogP contribution < -0.4 is 10.6 Å². The zero-order valence-electron chi connectivity index (χ0n) is 19.1. The number of nitrogens with zero attached hydrogens (tertiary/aromatic N) is 1. The summed E-state index contributed by atoms with van der Waals surface area (Å²) >= 11 is 0. The fraction of sp³-hybridized carbons (Fsp3) is 0.250. The Bertz CT molecular complexity index is 1280. The van der Waals surface area contributed by atoms with Crippen LogP contribution in [0.5, 0.6) is 0 Å². The maximum absolute atomic E-state index is 13.2. The van der Waals surface area contributed by atoms with Crippen LogP contribution in [0.15, 0.2) is 73.3 Å². The number of carbonyl (C=O) groups is 1. The summed E-state index contributed by atoms with van der Waals surface area (Å²) < 4.78 is 2.06. The van der Waals surface area contributed by atoms with Crippen molar-refractivity contribution in [2.75, 3.05) is 18.4 Å². The quantitative estimate of drug-likeness (QED) is 0.259. The fourth-order valence-corrected chi connectivity index (χ4v) is 4.35. The lowest BCUT2D eigenvalue weighted by molar-refractivity contribution is 0.0946. The van der Waals surface area contributed by atoms with Crippen LogP contribution in [0.4, 0.5) is 5.69 Å². The molecular weight excluding hydrogens is 394 g/mol. The van der Waals surface area contributed by atoms with Crippen LogP contribution in [-0.4, -0.2) is 23.6 Å². The smallest absolute Gasteiger partial charge is 0.268 e. The van der Waals surface area contributed by atoms with Crippen molar-refractivity contribution < 1.29 is 4.79 Å². The Labute approximate surface area is 189 Å². The number of aromatic nitrogens is 1. The average molecular weight is 426 g/mol. The van der Waals surface area contributed by atoms with Gasteiger partial charge >= 0.3 is 0 Å². The van der Waals surface area contributed by atoms with Crippen molar-refractivity contribution in [3.8, 4) is 0 Å². The van der Waals surface area contributed by atoms with Crippen LogP contribution >= 0.6 is 0 Å². The van der Waals surface area contributed by atoms with E-state index in [0.29, 0.717) is 31.2 Å². The summed E-state index contributed by atoms with van der Waals surface area (Å²) in [4.78, 5) is 13.2. The van der Waals surface area contributed by atoms with Gasteiger partial charge in [0.2, 0.25) is 0 Å². The van der Waals surface area contributed by atoms with E-state index in [0.717, 1.165) is 22.2 Å². The monoisotopic (exact) mass is 425 g/mol. The predicted octanol–water partition coefficient (Wildman–Crippen LogP) is 6.25. The average Bonchev–Trinajstić information content (AvgIpc) is 3.08. The molecule has 0 aliphatic heterocycles. The fourth-order valence-electron chi connectivity index (χ4n) is 4.35. The number of hydrogen-bond acceptors (Lipinski definition) is 2. The van der Waals surface area contributed by atoms with Gasteiger partial charge in [0.05, 0.1) is 0 Å². The van der Waals surface area contributed by atoms with Crippen molar-refractivity contribution in [1.29, 1.82) is 0 Å². The number of nitrogens with one attached hydrogen (secondary N) is 2. The molecule has 4 aromatic rings. The normalized spacial score (nSPS) is 11.2. The number of allylic oxidation sites excluding steroid dienone is 1. The number of amides is 1. The molecule has 0 radical (unpaired) electrons. The third kappa shape index (κ3) is 4.13. The zero-order valence-corrected chi connectivity index (χ0v) is 19.1. The topological polar surface area (TPSA) is 46.1 Å². The molecule has 32 heavy (non-hydrogen) atoms. The molecule has 0 saturated carbocycles. The molecule has 1 aromatic heterocycles. The minimum absolute atomic E-state index is 0.0497. The van der Waals surface area contributed by atoms with Gasteiger partial charge in [-0.05, 0) is 47.6 Å². The molecular formula is C28H31N3O. The number of benzene rings is 3. The molecule has 0 spiro atoms. The second-order valence-corrected chi connectivity index (χ2v) is 8.51. The van der Waals surface area contributed by atoms with E-state index in [1.54, 1.807) is 0 Å². The summed E-state index contributed by atoms with van der Waals surface area (Å²) in [5.41, 5.74) is 5.17. The molecule has 4 rings (SSSR count). The minimum Gasteiger partial charge on any atom is -0.383 e. The van der Waals surface area contributed by atoms with Crippen molar-refractivity contribution in [2.45, 2.75) is 33.2 Å². The highest BCUT2D eigenvalue weighted by Crippen LogP contribution is 2.29. The molecule has 1 amide bonds. The highest BCUT2D eigenvalue weighted by molar-refractivity contribution is 6.02. The summed E-state index contributed by atoms with van der Waals surface area (Å²) in [5.74, 6) is 0.394. The Kier molecular flexibility index (Phi) is 6.31. The standard InChI is InChI=1S/C28H31N3O/c1-5-17-31-26-14-13-22(19(2)3)18-24(26)20(4)27(31)28(32)30-16-15-29-25-12-8-10-21-9-6-7-11-23(21)25/h5-14,18-19,29H,1,15-17H2,2-4H3,(H,30,32). The first-order chi connectivity index (χ1) is 15.5. The van der Waals surface area contributed by atoms with Gasteiger partial charge in [-0.15, -0.1) is 6.58 Å². The number of anilines is 1. The van der Waals surface area contributed by atoms with Gasteiger partial charge in [0.1, 0.15) is 5.69 Å². The van der Waals surface area contributed by atoms with E-state index in [1.807, 2.05) is 31.2 Å². The molecule has 0 atom stereocenters. The summed E-state index contributed by atoms with van der Waals surface area (Å²) in [6.07, 6.45) is 1.84. The second-order valence-electron chi connectivity index (χ2n) is 8.51. The Morgan fingerprint density at radius 3 is 2.59 bits per heavy atom. The number of aryl methyl sites for hydroxylation is 1. The molecule has 0 aliphatic rings. The lowest BCUT2D eigenvalue weighted by Crippen LogP contribution is -2.31. The lowest BCUT2D eigenvalue weighted by atomic mass is 10.0.